The number of methoxy groups -OCH3 is 1. The first-order valence-corrected chi connectivity index (χ1v) is 12.0. The predicted octanol–water partition coefficient (Wildman–Crippen LogP) is 6.47. The zero-order chi connectivity index (χ0) is 24.5. The largest absolute Gasteiger partial charge is 0.494 e. The number of carbonyl (C=O) groups excluding carboxylic acids is 1. The summed E-state index contributed by atoms with van der Waals surface area (Å²) in [5, 5.41) is 5.19. The van der Waals surface area contributed by atoms with Gasteiger partial charge in [-0.3, -0.25) is 14.7 Å². The first-order valence-electron chi connectivity index (χ1n) is 10.8. The summed E-state index contributed by atoms with van der Waals surface area (Å²) in [5.41, 5.74) is 3.98. The Hall–Kier alpha value is -3.75. The summed E-state index contributed by atoms with van der Waals surface area (Å²) >= 11 is 7.87. The minimum Gasteiger partial charge on any atom is -0.494 e. The molecule has 0 unspecified atom stereocenters. The van der Waals surface area contributed by atoms with Crippen LogP contribution in [-0.4, -0.2) is 28.1 Å². The number of hydrogen-bond acceptors (Lipinski definition) is 7. The van der Waals surface area contributed by atoms with Crippen molar-refractivity contribution >= 4 is 44.2 Å². The van der Waals surface area contributed by atoms with Crippen LogP contribution < -0.4 is 9.64 Å². The summed E-state index contributed by atoms with van der Waals surface area (Å²) in [4.78, 5) is 24.8. The molecule has 0 radical (unpaired) electrons. The normalized spacial score (nSPS) is 11.1. The summed E-state index contributed by atoms with van der Waals surface area (Å²) in [6.07, 6.45) is 3.43. The molecule has 0 saturated carbocycles. The molecule has 35 heavy (non-hydrogen) atoms. The Morgan fingerprint density at radius 3 is 2.71 bits per heavy atom. The Balaban J connectivity index is 1.67. The fraction of sp³-hybridized carbons (Fsp3) is 0.154. The molecule has 5 aromatic rings. The number of nitrogens with zero attached hydrogens (tertiary/aromatic N) is 4. The minimum absolute atomic E-state index is 0.264. The van der Waals surface area contributed by atoms with E-state index in [4.69, 9.17) is 25.8 Å². The van der Waals surface area contributed by atoms with Crippen LogP contribution in [0.1, 0.15) is 27.2 Å². The van der Waals surface area contributed by atoms with Crippen molar-refractivity contribution in [3.05, 3.63) is 88.4 Å². The number of rotatable bonds is 6. The first-order chi connectivity index (χ1) is 17.0. The number of thiazole rings is 1. The molecule has 3 aromatic heterocycles. The summed E-state index contributed by atoms with van der Waals surface area (Å²) in [5.74, 6) is 0.758. The second kappa shape index (κ2) is 9.48. The number of ether oxygens (including phenoxy) is 1. The highest BCUT2D eigenvalue weighted by molar-refractivity contribution is 7.22. The summed E-state index contributed by atoms with van der Waals surface area (Å²) < 4.78 is 12.0. The Labute approximate surface area is 210 Å². The second-order valence-corrected chi connectivity index (χ2v) is 9.34. The van der Waals surface area contributed by atoms with Crippen molar-refractivity contribution in [1.82, 2.24) is 15.1 Å². The van der Waals surface area contributed by atoms with Crippen LogP contribution in [0.2, 0.25) is 5.02 Å². The van der Waals surface area contributed by atoms with Crippen LogP contribution in [0.4, 0.5) is 5.13 Å². The molecule has 9 heteroatoms. The zero-order valence-electron chi connectivity index (χ0n) is 19.3. The molecule has 0 aliphatic rings. The van der Waals surface area contributed by atoms with Gasteiger partial charge < -0.3 is 9.26 Å². The molecule has 0 atom stereocenters. The molecule has 176 valence electrons. The smallest absolute Gasteiger partial charge is 0.266 e. The monoisotopic (exact) mass is 504 g/mol. The molecule has 1 amide bonds. The number of fused-ring (bicyclic) bond motifs is 1. The fourth-order valence-electron chi connectivity index (χ4n) is 3.88. The highest BCUT2D eigenvalue weighted by Gasteiger charge is 2.30. The van der Waals surface area contributed by atoms with Crippen LogP contribution in [0.25, 0.3) is 21.5 Å². The van der Waals surface area contributed by atoms with Gasteiger partial charge in [-0.2, -0.15) is 0 Å². The summed E-state index contributed by atoms with van der Waals surface area (Å²) in [7, 11) is 1.61. The molecule has 3 heterocycles. The quantitative estimate of drug-likeness (QED) is 0.263. The maximum Gasteiger partial charge on any atom is 0.266 e. The van der Waals surface area contributed by atoms with E-state index in [-0.39, 0.29) is 12.5 Å². The molecule has 0 N–H and O–H groups in total. The number of aryl methyl sites for hydroxylation is 2. The molecular weight excluding hydrogens is 484 g/mol. The van der Waals surface area contributed by atoms with Crippen molar-refractivity contribution in [2.24, 2.45) is 0 Å². The lowest BCUT2D eigenvalue weighted by Gasteiger charge is -2.20. The molecule has 2 aromatic carbocycles. The van der Waals surface area contributed by atoms with Crippen LogP contribution in [0.15, 0.2) is 65.4 Å². The highest BCUT2D eigenvalue weighted by atomic mass is 35.5. The van der Waals surface area contributed by atoms with E-state index < -0.39 is 0 Å². The number of pyridine rings is 1. The highest BCUT2D eigenvalue weighted by Crippen LogP contribution is 2.39. The lowest BCUT2D eigenvalue weighted by atomic mass is 10.0. The van der Waals surface area contributed by atoms with Crippen molar-refractivity contribution < 1.29 is 14.1 Å². The van der Waals surface area contributed by atoms with E-state index >= 15 is 0 Å². The standard InChI is InChI=1S/C26H21ClN4O3S/c1-15-10-11-20(33-3)23-24(15)35-26(29-23)31(14-17-7-6-12-28-13-17)25(32)21-16(2)34-30-22(21)18-8-4-5-9-19(18)27/h4-13H,14H2,1-3H3. The van der Waals surface area contributed by atoms with Gasteiger partial charge in [0.05, 0.1) is 23.4 Å². The van der Waals surface area contributed by atoms with Crippen molar-refractivity contribution in [2.75, 3.05) is 12.0 Å². The minimum atomic E-state index is -0.293. The van der Waals surface area contributed by atoms with E-state index in [0.29, 0.717) is 44.0 Å². The van der Waals surface area contributed by atoms with Crippen LogP contribution in [-0.2, 0) is 6.54 Å². The van der Waals surface area contributed by atoms with Gasteiger partial charge in [0, 0.05) is 18.0 Å². The number of halogens is 1. The molecule has 0 aliphatic heterocycles. The van der Waals surface area contributed by atoms with Crippen molar-refractivity contribution in [1.29, 1.82) is 0 Å². The number of amides is 1. The molecule has 0 spiro atoms. The number of hydrogen-bond donors (Lipinski definition) is 0. The Morgan fingerprint density at radius 1 is 1.14 bits per heavy atom. The number of aromatic nitrogens is 3. The molecular formula is C26H21ClN4O3S. The van der Waals surface area contributed by atoms with Crippen molar-refractivity contribution in [3.63, 3.8) is 0 Å². The van der Waals surface area contributed by atoms with Crippen LogP contribution in [0, 0.1) is 13.8 Å². The lowest BCUT2D eigenvalue weighted by Crippen LogP contribution is -2.31. The van der Waals surface area contributed by atoms with Crippen molar-refractivity contribution in [3.8, 4) is 17.0 Å². The van der Waals surface area contributed by atoms with Gasteiger partial charge in [-0.25, -0.2) is 4.98 Å². The third-order valence-corrected chi connectivity index (χ3v) is 7.20. The predicted molar refractivity (Wildman–Crippen MR) is 137 cm³/mol. The molecule has 0 saturated heterocycles. The topological polar surface area (TPSA) is 81.4 Å². The van der Waals surface area contributed by atoms with Gasteiger partial charge in [0.15, 0.2) is 5.13 Å². The number of anilines is 1. The van der Waals surface area contributed by atoms with E-state index in [1.54, 1.807) is 37.4 Å². The van der Waals surface area contributed by atoms with Gasteiger partial charge in [-0.1, -0.05) is 58.4 Å². The van der Waals surface area contributed by atoms with E-state index in [1.165, 1.54) is 11.3 Å². The lowest BCUT2D eigenvalue weighted by molar-refractivity contribution is 0.0984. The maximum absolute atomic E-state index is 14.2. The molecule has 5 rings (SSSR count). The van der Waals surface area contributed by atoms with Gasteiger partial charge in [-0.15, -0.1) is 0 Å². The van der Waals surface area contributed by atoms with Gasteiger partial charge in [0.2, 0.25) is 0 Å². The maximum atomic E-state index is 14.2. The van der Waals surface area contributed by atoms with E-state index in [0.717, 1.165) is 15.8 Å². The fourth-order valence-corrected chi connectivity index (χ4v) is 5.15. The number of carbonyl (C=O) groups is 1. The van der Waals surface area contributed by atoms with E-state index in [9.17, 15) is 4.79 Å². The third kappa shape index (κ3) is 4.26. The van der Waals surface area contributed by atoms with E-state index in [2.05, 4.69) is 10.1 Å². The van der Waals surface area contributed by atoms with E-state index in [1.807, 2.05) is 49.4 Å². The Kier molecular flexibility index (Phi) is 6.23. The SMILES string of the molecule is COc1ccc(C)c2sc(N(Cc3cccnc3)C(=O)c3c(-c4ccccc4Cl)noc3C)nc12. The van der Waals surface area contributed by atoms with Crippen LogP contribution >= 0.6 is 22.9 Å². The van der Waals surface area contributed by atoms with Crippen molar-refractivity contribution in [2.45, 2.75) is 20.4 Å². The summed E-state index contributed by atoms with van der Waals surface area (Å²) in [6, 6.07) is 14.9. The molecule has 0 aliphatic carbocycles. The van der Waals surface area contributed by atoms with Gasteiger partial charge in [0.1, 0.15) is 28.3 Å². The number of benzene rings is 2. The summed E-state index contributed by atoms with van der Waals surface area (Å²) in [6.45, 7) is 3.99. The van der Waals surface area contributed by atoms with Gasteiger partial charge in [-0.05, 0) is 43.2 Å². The molecule has 7 nitrogen and oxygen atoms in total. The molecule has 0 fully saturated rings. The van der Waals surface area contributed by atoms with Crippen LogP contribution in [0.3, 0.4) is 0 Å². The third-order valence-electron chi connectivity index (χ3n) is 5.66. The average Bonchev–Trinajstić information content (AvgIpc) is 3.48. The first kappa shape index (κ1) is 23.0. The molecule has 0 bridgehead atoms. The van der Waals surface area contributed by atoms with Gasteiger partial charge in [0.25, 0.3) is 5.91 Å². The second-order valence-electron chi connectivity index (χ2n) is 7.95. The Bertz CT molecular complexity index is 1530. The van der Waals surface area contributed by atoms with Crippen LogP contribution in [0.5, 0.6) is 5.75 Å². The van der Waals surface area contributed by atoms with Gasteiger partial charge >= 0.3 is 0 Å². The zero-order valence-corrected chi connectivity index (χ0v) is 20.9. The average molecular weight is 505 g/mol. The Morgan fingerprint density at radius 2 is 1.97 bits per heavy atom.